The summed E-state index contributed by atoms with van der Waals surface area (Å²) in [7, 11) is 0. The summed E-state index contributed by atoms with van der Waals surface area (Å²) in [5.74, 6) is 0.0844. The molecule has 3 aromatic rings. The fourth-order valence-corrected chi connectivity index (χ4v) is 2.93. The summed E-state index contributed by atoms with van der Waals surface area (Å²) < 4.78 is 0. The molecule has 114 valence electrons. The lowest BCUT2D eigenvalue weighted by molar-refractivity contribution is 1.03. The molecule has 0 aliphatic carbocycles. The number of hydrogen-bond donors (Lipinski definition) is 0. The van der Waals surface area contributed by atoms with Gasteiger partial charge in [-0.05, 0) is 28.8 Å². The monoisotopic (exact) mass is 338 g/mol. The van der Waals surface area contributed by atoms with Crippen molar-refractivity contribution < 1.29 is 0 Å². The van der Waals surface area contributed by atoms with Crippen LogP contribution in [0.25, 0.3) is 5.03 Å². The van der Waals surface area contributed by atoms with Crippen LogP contribution in [0.1, 0.15) is 22.6 Å². The van der Waals surface area contributed by atoms with E-state index in [9.17, 15) is 0 Å². The van der Waals surface area contributed by atoms with E-state index in [0.717, 1.165) is 21.2 Å². The Labute approximate surface area is 147 Å². The molecule has 0 spiro atoms. The maximum absolute atomic E-state index is 6.57. The highest BCUT2D eigenvalue weighted by atomic mass is 35.5. The zero-order valence-corrected chi connectivity index (χ0v) is 14.0. The van der Waals surface area contributed by atoms with Gasteiger partial charge in [0, 0.05) is 16.0 Å². The van der Waals surface area contributed by atoms with Gasteiger partial charge in [-0.25, -0.2) is 0 Å². The molecule has 0 radical (unpaired) electrons. The SMILES string of the molecule is Cl/C(=C\C(c1ccccc1)c1ccc(Cl)cc1)c1ccccc1. The standard InChI is InChI=1S/C21H16Cl2/c22-19-13-11-17(12-14-19)20(16-7-3-1-4-8-16)15-21(23)18-9-5-2-6-10-18/h1-15,20H/b21-15-. The van der Waals surface area contributed by atoms with Gasteiger partial charge < -0.3 is 0 Å². The van der Waals surface area contributed by atoms with Crippen LogP contribution in [-0.4, -0.2) is 0 Å². The average Bonchev–Trinajstić information content (AvgIpc) is 2.62. The second-order valence-corrected chi connectivity index (χ2v) is 6.16. The molecule has 0 saturated carbocycles. The van der Waals surface area contributed by atoms with Crippen LogP contribution >= 0.6 is 23.2 Å². The molecule has 0 amide bonds. The smallest absolute Gasteiger partial charge is 0.0448 e. The van der Waals surface area contributed by atoms with E-state index in [4.69, 9.17) is 23.2 Å². The quantitative estimate of drug-likeness (QED) is 0.493. The summed E-state index contributed by atoms with van der Waals surface area (Å²) in [6.45, 7) is 0. The Morgan fingerprint density at radius 3 is 1.83 bits per heavy atom. The topological polar surface area (TPSA) is 0 Å². The molecule has 0 aromatic heterocycles. The van der Waals surface area contributed by atoms with Crippen molar-refractivity contribution in [1.82, 2.24) is 0 Å². The van der Waals surface area contributed by atoms with Crippen molar-refractivity contribution in [2.75, 3.05) is 0 Å². The minimum Gasteiger partial charge on any atom is -0.0843 e. The summed E-state index contributed by atoms with van der Waals surface area (Å²) in [4.78, 5) is 0. The maximum Gasteiger partial charge on any atom is 0.0448 e. The molecule has 3 aromatic carbocycles. The summed E-state index contributed by atoms with van der Waals surface area (Å²) in [6.07, 6.45) is 2.09. The number of rotatable bonds is 4. The molecule has 0 saturated heterocycles. The molecule has 0 fully saturated rings. The fourth-order valence-electron chi connectivity index (χ4n) is 2.56. The first-order chi connectivity index (χ1) is 11.2. The van der Waals surface area contributed by atoms with Gasteiger partial charge in [-0.2, -0.15) is 0 Å². The highest BCUT2D eigenvalue weighted by Gasteiger charge is 2.13. The maximum atomic E-state index is 6.57. The van der Waals surface area contributed by atoms with Crippen LogP contribution in [0.5, 0.6) is 0 Å². The van der Waals surface area contributed by atoms with Gasteiger partial charge in [0.1, 0.15) is 0 Å². The molecular weight excluding hydrogens is 323 g/mol. The predicted octanol–water partition coefficient (Wildman–Crippen LogP) is 6.75. The molecule has 0 aliphatic rings. The van der Waals surface area contributed by atoms with E-state index in [1.807, 2.05) is 72.8 Å². The Bertz CT molecular complexity index is 775. The van der Waals surface area contributed by atoms with Gasteiger partial charge in [0.2, 0.25) is 0 Å². The highest BCUT2D eigenvalue weighted by Crippen LogP contribution is 2.31. The normalized spacial score (nSPS) is 12.9. The Morgan fingerprint density at radius 1 is 0.696 bits per heavy atom. The largest absolute Gasteiger partial charge is 0.0843 e. The van der Waals surface area contributed by atoms with Gasteiger partial charge in [-0.15, -0.1) is 0 Å². The molecule has 0 N–H and O–H groups in total. The van der Waals surface area contributed by atoms with Crippen LogP contribution in [0.3, 0.4) is 0 Å². The summed E-state index contributed by atoms with van der Waals surface area (Å²) in [6, 6.07) is 28.3. The molecule has 23 heavy (non-hydrogen) atoms. The van der Waals surface area contributed by atoms with Gasteiger partial charge in [-0.1, -0.05) is 102 Å². The number of halogens is 2. The number of hydrogen-bond acceptors (Lipinski definition) is 0. The van der Waals surface area contributed by atoms with Gasteiger partial charge >= 0.3 is 0 Å². The highest BCUT2D eigenvalue weighted by molar-refractivity contribution is 6.48. The zero-order valence-electron chi connectivity index (χ0n) is 12.5. The third-order valence-electron chi connectivity index (χ3n) is 3.75. The van der Waals surface area contributed by atoms with E-state index in [2.05, 4.69) is 18.2 Å². The van der Waals surface area contributed by atoms with Crippen LogP contribution < -0.4 is 0 Å². The van der Waals surface area contributed by atoms with E-state index >= 15 is 0 Å². The summed E-state index contributed by atoms with van der Waals surface area (Å²) in [5, 5.41) is 1.48. The minimum atomic E-state index is 0.0844. The van der Waals surface area contributed by atoms with Crippen molar-refractivity contribution >= 4 is 28.2 Å². The minimum absolute atomic E-state index is 0.0844. The first kappa shape index (κ1) is 15.9. The Kier molecular flexibility index (Phi) is 5.17. The van der Waals surface area contributed by atoms with Crippen molar-refractivity contribution in [2.24, 2.45) is 0 Å². The van der Waals surface area contributed by atoms with Crippen LogP contribution in [0, 0.1) is 0 Å². The lowest BCUT2D eigenvalue weighted by atomic mass is 9.90. The molecule has 1 atom stereocenters. The van der Waals surface area contributed by atoms with Crippen molar-refractivity contribution in [3.63, 3.8) is 0 Å². The van der Waals surface area contributed by atoms with E-state index < -0.39 is 0 Å². The van der Waals surface area contributed by atoms with E-state index in [-0.39, 0.29) is 5.92 Å². The lowest BCUT2D eigenvalue weighted by Gasteiger charge is -2.15. The van der Waals surface area contributed by atoms with Crippen molar-refractivity contribution in [3.8, 4) is 0 Å². The molecule has 1 unspecified atom stereocenters. The number of allylic oxidation sites excluding steroid dienone is 1. The second-order valence-electron chi connectivity index (χ2n) is 5.32. The third-order valence-corrected chi connectivity index (χ3v) is 4.35. The van der Waals surface area contributed by atoms with E-state index in [1.54, 1.807) is 0 Å². The van der Waals surface area contributed by atoms with Crippen LogP contribution in [0.2, 0.25) is 5.02 Å². The molecule has 2 heteroatoms. The average molecular weight is 339 g/mol. The molecule has 3 rings (SSSR count). The molecular formula is C21H16Cl2. The second kappa shape index (κ2) is 7.50. The van der Waals surface area contributed by atoms with E-state index in [1.165, 1.54) is 5.56 Å². The van der Waals surface area contributed by atoms with Crippen LogP contribution in [-0.2, 0) is 0 Å². The van der Waals surface area contributed by atoms with Crippen molar-refractivity contribution in [2.45, 2.75) is 5.92 Å². The summed E-state index contributed by atoms with van der Waals surface area (Å²) >= 11 is 12.6. The first-order valence-corrected chi connectivity index (χ1v) is 8.23. The van der Waals surface area contributed by atoms with Gasteiger partial charge in [0.25, 0.3) is 0 Å². The van der Waals surface area contributed by atoms with Gasteiger partial charge in [0.05, 0.1) is 0 Å². The van der Waals surface area contributed by atoms with Gasteiger partial charge in [-0.3, -0.25) is 0 Å². The fraction of sp³-hybridized carbons (Fsp3) is 0.0476. The van der Waals surface area contributed by atoms with Gasteiger partial charge in [0.15, 0.2) is 0 Å². The molecule has 0 bridgehead atoms. The Balaban J connectivity index is 2.04. The van der Waals surface area contributed by atoms with Crippen LogP contribution in [0.15, 0.2) is 91.0 Å². The summed E-state index contributed by atoms with van der Waals surface area (Å²) in [5.41, 5.74) is 3.38. The van der Waals surface area contributed by atoms with Crippen molar-refractivity contribution in [3.05, 3.63) is 113 Å². The molecule has 0 heterocycles. The Morgan fingerprint density at radius 2 is 1.22 bits per heavy atom. The van der Waals surface area contributed by atoms with Crippen molar-refractivity contribution in [1.29, 1.82) is 0 Å². The third kappa shape index (κ3) is 4.04. The zero-order chi connectivity index (χ0) is 16.1. The predicted molar refractivity (Wildman–Crippen MR) is 100 cm³/mol. The molecule has 0 nitrogen and oxygen atoms in total. The number of benzene rings is 3. The van der Waals surface area contributed by atoms with E-state index in [0.29, 0.717) is 0 Å². The molecule has 0 aliphatic heterocycles. The Hall–Kier alpha value is -2.02. The lowest BCUT2D eigenvalue weighted by Crippen LogP contribution is -1.98. The van der Waals surface area contributed by atoms with Crippen LogP contribution in [0.4, 0.5) is 0 Å². The first-order valence-electron chi connectivity index (χ1n) is 7.47.